The van der Waals surface area contributed by atoms with E-state index in [4.69, 9.17) is 11.6 Å². The van der Waals surface area contributed by atoms with Crippen molar-refractivity contribution in [1.82, 2.24) is 0 Å². The van der Waals surface area contributed by atoms with Gasteiger partial charge in [0, 0.05) is 5.02 Å². The van der Waals surface area contributed by atoms with Crippen molar-refractivity contribution in [2.24, 2.45) is 0 Å². The zero-order valence-electron chi connectivity index (χ0n) is 9.38. The molecular formula is C16H13Cl. The van der Waals surface area contributed by atoms with Crippen molar-refractivity contribution in [2.75, 3.05) is 0 Å². The van der Waals surface area contributed by atoms with E-state index >= 15 is 0 Å². The highest BCUT2D eigenvalue weighted by Crippen LogP contribution is 2.16. The molecule has 0 radical (unpaired) electrons. The molecule has 17 heavy (non-hydrogen) atoms. The first-order chi connectivity index (χ1) is 8.36. The zero-order chi connectivity index (χ0) is 11.9. The summed E-state index contributed by atoms with van der Waals surface area (Å²) in [5, 5.41) is 0.775. The Morgan fingerprint density at radius 3 is 2.12 bits per heavy atom. The minimum absolute atomic E-state index is 0.775. The van der Waals surface area contributed by atoms with Gasteiger partial charge in [-0.15, -0.1) is 0 Å². The maximum Gasteiger partial charge on any atom is 0.0478 e. The third kappa shape index (κ3) is 3.61. The molecule has 1 heteroatoms. The van der Waals surface area contributed by atoms with Gasteiger partial charge >= 0.3 is 0 Å². The van der Waals surface area contributed by atoms with Gasteiger partial charge in [0.1, 0.15) is 0 Å². The molecule has 0 bridgehead atoms. The summed E-state index contributed by atoms with van der Waals surface area (Å²) in [7, 11) is 0. The van der Waals surface area contributed by atoms with E-state index in [0.717, 1.165) is 10.6 Å². The zero-order valence-corrected chi connectivity index (χ0v) is 10.1. The van der Waals surface area contributed by atoms with Gasteiger partial charge < -0.3 is 0 Å². The molecule has 0 aliphatic heterocycles. The van der Waals surface area contributed by atoms with Crippen LogP contribution in [0.15, 0.2) is 66.7 Å². The lowest BCUT2D eigenvalue weighted by Gasteiger charge is -1.94. The van der Waals surface area contributed by atoms with E-state index in [-0.39, 0.29) is 0 Å². The molecule has 2 aromatic rings. The first-order valence-electron chi connectivity index (χ1n) is 5.50. The Morgan fingerprint density at radius 1 is 0.706 bits per heavy atom. The standard InChI is InChI=1S/C16H13Cl/c17-16-13-7-6-12-15(16)11-5-4-10-14-8-2-1-3-9-14/h1-13H. The molecule has 0 fully saturated rings. The predicted octanol–water partition coefficient (Wildman–Crippen LogP) is 5.07. The second-order valence-electron chi connectivity index (χ2n) is 3.65. The summed E-state index contributed by atoms with van der Waals surface area (Å²) in [6.07, 6.45) is 8.07. The molecule has 0 saturated carbocycles. The summed E-state index contributed by atoms with van der Waals surface area (Å²) < 4.78 is 0. The highest BCUT2D eigenvalue weighted by molar-refractivity contribution is 6.32. The van der Waals surface area contributed by atoms with Crippen LogP contribution in [-0.2, 0) is 0 Å². The van der Waals surface area contributed by atoms with Gasteiger partial charge in [-0.3, -0.25) is 0 Å². The van der Waals surface area contributed by atoms with Crippen LogP contribution in [0.25, 0.3) is 12.2 Å². The summed E-state index contributed by atoms with van der Waals surface area (Å²) in [6.45, 7) is 0. The van der Waals surface area contributed by atoms with Crippen molar-refractivity contribution in [3.8, 4) is 0 Å². The molecule has 0 atom stereocenters. The molecule has 2 aromatic carbocycles. The van der Waals surface area contributed by atoms with E-state index in [1.807, 2.05) is 60.7 Å². The van der Waals surface area contributed by atoms with Gasteiger partial charge in [-0.1, -0.05) is 84.4 Å². The SMILES string of the molecule is Clc1ccccc1C=CC=Cc1ccccc1. The fraction of sp³-hybridized carbons (Fsp3) is 0. The van der Waals surface area contributed by atoms with Crippen LogP contribution in [-0.4, -0.2) is 0 Å². The van der Waals surface area contributed by atoms with Crippen LogP contribution in [0, 0.1) is 0 Å². The van der Waals surface area contributed by atoms with E-state index < -0.39 is 0 Å². The minimum atomic E-state index is 0.775. The van der Waals surface area contributed by atoms with Gasteiger partial charge in [-0.2, -0.15) is 0 Å². The molecule has 0 amide bonds. The van der Waals surface area contributed by atoms with Gasteiger partial charge in [-0.25, -0.2) is 0 Å². The average Bonchev–Trinajstić information content (AvgIpc) is 2.38. The van der Waals surface area contributed by atoms with Gasteiger partial charge in [-0.05, 0) is 17.2 Å². The van der Waals surface area contributed by atoms with Crippen molar-refractivity contribution in [3.05, 3.63) is 82.9 Å². The topological polar surface area (TPSA) is 0 Å². The molecule has 84 valence electrons. The Morgan fingerprint density at radius 2 is 1.35 bits per heavy atom. The maximum absolute atomic E-state index is 6.04. The van der Waals surface area contributed by atoms with Crippen LogP contribution < -0.4 is 0 Å². The second kappa shape index (κ2) is 6.07. The first-order valence-corrected chi connectivity index (χ1v) is 5.88. The fourth-order valence-electron chi connectivity index (χ4n) is 1.50. The Bertz CT molecular complexity index is 524. The van der Waals surface area contributed by atoms with Gasteiger partial charge in [0.2, 0.25) is 0 Å². The molecule has 0 aliphatic carbocycles. The maximum atomic E-state index is 6.04. The molecule has 0 N–H and O–H groups in total. The van der Waals surface area contributed by atoms with Gasteiger partial charge in [0.05, 0.1) is 0 Å². The quantitative estimate of drug-likeness (QED) is 0.658. The number of hydrogen-bond acceptors (Lipinski definition) is 0. The largest absolute Gasteiger partial charge is 0.0837 e. The van der Waals surface area contributed by atoms with Crippen molar-refractivity contribution >= 4 is 23.8 Å². The Hall–Kier alpha value is -1.79. The van der Waals surface area contributed by atoms with Crippen LogP contribution in [0.2, 0.25) is 5.02 Å². The van der Waals surface area contributed by atoms with E-state index in [1.165, 1.54) is 5.56 Å². The summed E-state index contributed by atoms with van der Waals surface area (Å²) in [4.78, 5) is 0. The number of rotatable bonds is 3. The molecule has 2 rings (SSSR count). The number of benzene rings is 2. The van der Waals surface area contributed by atoms with E-state index in [1.54, 1.807) is 0 Å². The second-order valence-corrected chi connectivity index (χ2v) is 4.06. The van der Waals surface area contributed by atoms with E-state index in [0.29, 0.717) is 0 Å². The molecule has 0 saturated heterocycles. The number of allylic oxidation sites excluding steroid dienone is 2. The Labute approximate surface area is 107 Å². The Kier molecular flexibility index (Phi) is 4.17. The third-order valence-electron chi connectivity index (χ3n) is 2.38. The van der Waals surface area contributed by atoms with Crippen molar-refractivity contribution in [2.45, 2.75) is 0 Å². The summed E-state index contributed by atoms with van der Waals surface area (Å²) in [6, 6.07) is 18.0. The number of halogens is 1. The molecule has 0 aliphatic rings. The molecular weight excluding hydrogens is 228 g/mol. The summed E-state index contributed by atoms with van der Waals surface area (Å²) in [5.41, 5.74) is 2.23. The third-order valence-corrected chi connectivity index (χ3v) is 2.72. The first kappa shape index (κ1) is 11.7. The van der Waals surface area contributed by atoms with Crippen LogP contribution in [0.4, 0.5) is 0 Å². The summed E-state index contributed by atoms with van der Waals surface area (Å²) >= 11 is 6.04. The minimum Gasteiger partial charge on any atom is -0.0837 e. The molecule has 0 heterocycles. The lowest BCUT2D eigenvalue weighted by Crippen LogP contribution is -1.72. The predicted molar refractivity (Wildman–Crippen MR) is 76.0 cm³/mol. The molecule has 0 aromatic heterocycles. The fourth-order valence-corrected chi connectivity index (χ4v) is 1.70. The smallest absolute Gasteiger partial charge is 0.0478 e. The van der Waals surface area contributed by atoms with Crippen molar-refractivity contribution in [1.29, 1.82) is 0 Å². The summed E-state index contributed by atoms with van der Waals surface area (Å²) in [5.74, 6) is 0. The van der Waals surface area contributed by atoms with Gasteiger partial charge in [0.15, 0.2) is 0 Å². The van der Waals surface area contributed by atoms with Crippen molar-refractivity contribution < 1.29 is 0 Å². The van der Waals surface area contributed by atoms with Crippen LogP contribution in [0.3, 0.4) is 0 Å². The van der Waals surface area contributed by atoms with Crippen LogP contribution in [0.5, 0.6) is 0 Å². The van der Waals surface area contributed by atoms with E-state index in [2.05, 4.69) is 18.2 Å². The Balaban J connectivity index is 2.04. The van der Waals surface area contributed by atoms with Crippen LogP contribution >= 0.6 is 11.6 Å². The molecule has 0 unspecified atom stereocenters. The van der Waals surface area contributed by atoms with Crippen molar-refractivity contribution in [3.63, 3.8) is 0 Å². The van der Waals surface area contributed by atoms with Crippen LogP contribution in [0.1, 0.15) is 11.1 Å². The lowest BCUT2D eigenvalue weighted by atomic mass is 10.2. The number of hydrogen-bond donors (Lipinski definition) is 0. The normalized spacial score (nSPS) is 11.4. The van der Waals surface area contributed by atoms with E-state index in [9.17, 15) is 0 Å². The monoisotopic (exact) mass is 240 g/mol. The van der Waals surface area contributed by atoms with Gasteiger partial charge in [0.25, 0.3) is 0 Å². The highest BCUT2D eigenvalue weighted by atomic mass is 35.5. The highest BCUT2D eigenvalue weighted by Gasteiger charge is 1.91. The molecule has 0 spiro atoms. The lowest BCUT2D eigenvalue weighted by molar-refractivity contribution is 1.65. The average molecular weight is 241 g/mol. The molecule has 0 nitrogen and oxygen atoms in total.